The maximum atomic E-state index is 13.0. The lowest BCUT2D eigenvalue weighted by Crippen LogP contribution is -2.49. The summed E-state index contributed by atoms with van der Waals surface area (Å²) in [5.41, 5.74) is 3.62. The van der Waals surface area contributed by atoms with E-state index in [9.17, 15) is 4.79 Å². The van der Waals surface area contributed by atoms with E-state index in [1.807, 2.05) is 30.0 Å². The van der Waals surface area contributed by atoms with Crippen LogP contribution in [0.5, 0.6) is 0 Å². The van der Waals surface area contributed by atoms with Crippen LogP contribution in [0.3, 0.4) is 0 Å². The zero-order chi connectivity index (χ0) is 20.7. The van der Waals surface area contributed by atoms with Crippen molar-refractivity contribution < 1.29 is 9.32 Å². The Balaban J connectivity index is 1.32. The number of hydrogen-bond donors (Lipinski definition) is 0. The van der Waals surface area contributed by atoms with E-state index in [0.29, 0.717) is 18.8 Å². The molecule has 0 saturated carbocycles. The Kier molecular flexibility index (Phi) is 4.77. The van der Waals surface area contributed by atoms with Gasteiger partial charge in [0, 0.05) is 63.3 Å². The molecule has 0 unspecified atom stereocenters. The molecule has 1 aliphatic heterocycles. The van der Waals surface area contributed by atoms with Gasteiger partial charge in [-0.25, -0.2) is 9.97 Å². The third-order valence-electron chi connectivity index (χ3n) is 6.11. The number of carbonyl (C=O) groups excluding carboxylic acids is 1. The van der Waals surface area contributed by atoms with Crippen LogP contribution in [0.1, 0.15) is 34.7 Å². The average Bonchev–Trinajstić information content (AvgIpc) is 3.22. The predicted octanol–water partition coefficient (Wildman–Crippen LogP) is 2.53. The van der Waals surface area contributed by atoms with E-state index in [1.54, 1.807) is 6.33 Å². The molecule has 8 heteroatoms. The predicted molar refractivity (Wildman–Crippen MR) is 115 cm³/mol. The van der Waals surface area contributed by atoms with E-state index in [1.165, 1.54) is 0 Å². The Morgan fingerprint density at radius 1 is 1.07 bits per heavy atom. The molecule has 0 bridgehead atoms. The molecule has 0 atom stereocenters. The fraction of sp³-hybridized carbons (Fsp3) is 0.455. The van der Waals surface area contributed by atoms with Gasteiger partial charge in [-0.05, 0) is 37.5 Å². The van der Waals surface area contributed by atoms with Crippen LogP contribution in [-0.4, -0.2) is 66.2 Å². The molecule has 3 heterocycles. The first-order chi connectivity index (χ1) is 14.6. The number of amides is 1. The van der Waals surface area contributed by atoms with Gasteiger partial charge in [0.15, 0.2) is 5.69 Å². The molecule has 1 aliphatic carbocycles. The van der Waals surface area contributed by atoms with E-state index >= 15 is 0 Å². The Labute approximate surface area is 175 Å². The largest absolute Gasteiger partial charge is 0.368 e. The molecule has 2 aliphatic rings. The summed E-state index contributed by atoms with van der Waals surface area (Å²) in [6, 6.07) is 6.29. The Hall–Kier alpha value is -3.16. The van der Waals surface area contributed by atoms with Crippen molar-refractivity contribution in [1.82, 2.24) is 20.0 Å². The normalized spacial score (nSPS) is 16.6. The first-order valence-corrected chi connectivity index (χ1v) is 10.6. The highest BCUT2D eigenvalue weighted by atomic mass is 16.5. The second-order valence-electron chi connectivity index (χ2n) is 8.21. The van der Waals surface area contributed by atoms with Gasteiger partial charge in [0.1, 0.15) is 17.9 Å². The van der Waals surface area contributed by atoms with Gasteiger partial charge in [-0.3, -0.25) is 4.79 Å². The van der Waals surface area contributed by atoms with Gasteiger partial charge < -0.3 is 19.2 Å². The Bertz CT molecular complexity index is 1080. The van der Waals surface area contributed by atoms with Gasteiger partial charge >= 0.3 is 0 Å². The van der Waals surface area contributed by atoms with Crippen molar-refractivity contribution in [3.05, 3.63) is 41.5 Å². The number of nitrogens with zero attached hydrogens (tertiary/aromatic N) is 6. The lowest BCUT2D eigenvalue weighted by Gasteiger charge is -2.36. The zero-order valence-electron chi connectivity index (χ0n) is 17.5. The molecule has 0 spiro atoms. The van der Waals surface area contributed by atoms with Crippen LogP contribution in [0.25, 0.3) is 10.9 Å². The second kappa shape index (κ2) is 7.59. The van der Waals surface area contributed by atoms with Crippen LogP contribution >= 0.6 is 0 Å². The van der Waals surface area contributed by atoms with Crippen LogP contribution < -0.4 is 9.80 Å². The monoisotopic (exact) mass is 406 g/mol. The van der Waals surface area contributed by atoms with E-state index < -0.39 is 0 Å². The van der Waals surface area contributed by atoms with Gasteiger partial charge in [0.2, 0.25) is 0 Å². The number of hydrogen-bond acceptors (Lipinski definition) is 7. The molecule has 0 radical (unpaired) electrons. The van der Waals surface area contributed by atoms with Crippen LogP contribution in [0, 0.1) is 0 Å². The third kappa shape index (κ3) is 3.26. The van der Waals surface area contributed by atoms with E-state index in [4.69, 9.17) is 4.52 Å². The van der Waals surface area contributed by atoms with Gasteiger partial charge in [-0.2, -0.15) is 0 Å². The first kappa shape index (κ1) is 18.8. The second-order valence-corrected chi connectivity index (χ2v) is 8.21. The summed E-state index contributed by atoms with van der Waals surface area (Å²) < 4.78 is 5.44. The Morgan fingerprint density at radius 2 is 1.87 bits per heavy atom. The number of aromatic nitrogens is 3. The topological polar surface area (TPSA) is 78.6 Å². The van der Waals surface area contributed by atoms with Crippen molar-refractivity contribution >= 4 is 28.3 Å². The smallest absolute Gasteiger partial charge is 0.276 e. The highest BCUT2D eigenvalue weighted by molar-refractivity contribution is 5.94. The number of fused-ring (bicyclic) bond motifs is 2. The molecule has 1 aromatic carbocycles. The lowest BCUT2D eigenvalue weighted by atomic mass is 9.96. The molecular weight excluding hydrogens is 380 g/mol. The molecule has 2 aromatic heterocycles. The molecule has 30 heavy (non-hydrogen) atoms. The average molecular weight is 406 g/mol. The summed E-state index contributed by atoms with van der Waals surface area (Å²) in [5, 5.41) is 5.15. The fourth-order valence-corrected chi connectivity index (χ4v) is 4.45. The van der Waals surface area contributed by atoms with Crippen molar-refractivity contribution in [2.75, 3.05) is 50.1 Å². The van der Waals surface area contributed by atoms with E-state index in [2.05, 4.69) is 32.2 Å². The summed E-state index contributed by atoms with van der Waals surface area (Å²) >= 11 is 0. The number of benzene rings is 1. The molecule has 0 N–H and O–H groups in total. The maximum absolute atomic E-state index is 13.0. The minimum Gasteiger partial charge on any atom is -0.368 e. The van der Waals surface area contributed by atoms with E-state index in [-0.39, 0.29) is 5.91 Å². The zero-order valence-corrected chi connectivity index (χ0v) is 17.5. The lowest BCUT2D eigenvalue weighted by molar-refractivity contribution is 0.0735. The molecule has 1 fully saturated rings. The molecule has 5 rings (SSSR count). The standard InChI is InChI=1S/C22H26N6O2/c1-26(2)21-17-13-15(7-8-18(17)23-14-24-21)27-9-11-28(12-10-27)22(29)20-16-5-3-4-6-19(16)30-25-20/h7-8,13-14H,3-6,9-12H2,1-2H3. The highest BCUT2D eigenvalue weighted by Gasteiger charge is 2.29. The van der Waals surface area contributed by atoms with Crippen molar-refractivity contribution in [1.29, 1.82) is 0 Å². The first-order valence-electron chi connectivity index (χ1n) is 10.6. The molecule has 1 saturated heterocycles. The Morgan fingerprint density at radius 3 is 2.67 bits per heavy atom. The molecular formula is C22H26N6O2. The van der Waals surface area contributed by atoms with E-state index in [0.717, 1.165) is 72.5 Å². The maximum Gasteiger partial charge on any atom is 0.276 e. The number of anilines is 2. The van der Waals surface area contributed by atoms with Crippen molar-refractivity contribution in [3.8, 4) is 0 Å². The van der Waals surface area contributed by atoms with Crippen molar-refractivity contribution in [2.45, 2.75) is 25.7 Å². The van der Waals surface area contributed by atoms with Gasteiger partial charge in [-0.15, -0.1) is 0 Å². The van der Waals surface area contributed by atoms with Gasteiger partial charge in [0.05, 0.1) is 5.52 Å². The van der Waals surface area contributed by atoms with Crippen molar-refractivity contribution in [2.24, 2.45) is 0 Å². The quantitative estimate of drug-likeness (QED) is 0.661. The SMILES string of the molecule is CN(C)c1ncnc2ccc(N3CCN(C(=O)c4noc5c4CCCC5)CC3)cc12. The molecule has 3 aromatic rings. The van der Waals surface area contributed by atoms with Gasteiger partial charge in [-0.1, -0.05) is 5.16 Å². The number of aryl methyl sites for hydroxylation is 1. The number of rotatable bonds is 3. The molecule has 8 nitrogen and oxygen atoms in total. The van der Waals surface area contributed by atoms with Crippen LogP contribution in [0.2, 0.25) is 0 Å². The summed E-state index contributed by atoms with van der Waals surface area (Å²) in [4.78, 5) is 28.1. The third-order valence-corrected chi connectivity index (χ3v) is 6.11. The van der Waals surface area contributed by atoms with Crippen LogP contribution in [-0.2, 0) is 12.8 Å². The van der Waals surface area contributed by atoms with Gasteiger partial charge in [0.25, 0.3) is 5.91 Å². The minimum absolute atomic E-state index is 0.00311. The highest BCUT2D eigenvalue weighted by Crippen LogP contribution is 2.28. The summed E-state index contributed by atoms with van der Waals surface area (Å²) in [7, 11) is 3.98. The number of carbonyl (C=O) groups is 1. The van der Waals surface area contributed by atoms with Crippen LogP contribution in [0.4, 0.5) is 11.5 Å². The van der Waals surface area contributed by atoms with Crippen LogP contribution in [0.15, 0.2) is 29.0 Å². The fourth-order valence-electron chi connectivity index (χ4n) is 4.45. The molecule has 1 amide bonds. The summed E-state index contributed by atoms with van der Waals surface area (Å²) in [6.45, 7) is 2.90. The molecule has 156 valence electrons. The summed E-state index contributed by atoms with van der Waals surface area (Å²) in [6.07, 6.45) is 5.60. The minimum atomic E-state index is 0.00311. The van der Waals surface area contributed by atoms with Crippen molar-refractivity contribution in [3.63, 3.8) is 0 Å². The summed E-state index contributed by atoms with van der Waals surface area (Å²) in [5.74, 6) is 1.81. The number of piperazine rings is 1.